The fourth-order valence-corrected chi connectivity index (χ4v) is 2.33. The van der Waals surface area contributed by atoms with Crippen molar-refractivity contribution in [2.45, 2.75) is 6.61 Å². The van der Waals surface area contributed by atoms with E-state index in [1.54, 1.807) is 24.3 Å². The zero-order chi connectivity index (χ0) is 19.8. The lowest BCUT2D eigenvalue weighted by Crippen LogP contribution is -2.20. The molecule has 0 aliphatic rings. The molecule has 0 radical (unpaired) electrons. The average molecular weight is 377 g/mol. The van der Waals surface area contributed by atoms with Gasteiger partial charge >= 0.3 is 0 Å². The first kappa shape index (κ1) is 18.9. The molecule has 0 fully saturated rings. The van der Waals surface area contributed by atoms with Gasteiger partial charge < -0.3 is 20.5 Å². The Labute approximate surface area is 162 Å². The van der Waals surface area contributed by atoms with Crippen LogP contribution < -0.4 is 20.5 Å². The Morgan fingerprint density at radius 1 is 0.929 bits per heavy atom. The molecule has 2 aromatic carbocycles. The van der Waals surface area contributed by atoms with E-state index in [-0.39, 0.29) is 12.5 Å². The summed E-state index contributed by atoms with van der Waals surface area (Å²) in [4.78, 5) is 27.2. The minimum Gasteiger partial charge on any atom is -0.484 e. The van der Waals surface area contributed by atoms with Crippen LogP contribution in [0.2, 0.25) is 0 Å². The van der Waals surface area contributed by atoms with Gasteiger partial charge in [-0.05, 0) is 35.9 Å². The van der Waals surface area contributed by atoms with Crippen LogP contribution in [0.1, 0.15) is 15.9 Å². The zero-order valence-electron chi connectivity index (χ0n) is 15.0. The van der Waals surface area contributed by atoms with Gasteiger partial charge in [0.15, 0.2) is 6.61 Å². The predicted octanol–water partition coefficient (Wildman–Crippen LogP) is 2.78. The number of nitrogens with one attached hydrogen (secondary N) is 1. The Morgan fingerprint density at radius 2 is 1.68 bits per heavy atom. The number of pyridine rings is 1. The first-order valence-electron chi connectivity index (χ1n) is 8.55. The highest BCUT2D eigenvalue weighted by Gasteiger charge is 2.06. The normalized spacial score (nSPS) is 10.1. The van der Waals surface area contributed by atoms with Gasteiger partial charge in [-0.15, -0.1) is 0 Å². The van der Waals surface area contributed by atoms with Crippen LogP contribution in [-0.4, -0.2) is 23.4 Å². The molecule has 1 heterocycles. The van der Waals surface area contributed by atoms with Crippen LogP contribution in [0.4, 0.5) is 5.69 Å². The molecule has 3 N–H and O–H groups in total. The summed E-state index contributed by atoms with van der Waals surface area (Å²) in [5, 5.41) is 2.69. The molecule has 0 bridgehead atoms. The van der Waals surface area contributed by atoms with E-state index in [1.165, 1.54) is 18.3 Å². The highest BCUT2D eigenvalue weighted by atomic mass is 16.5. The topological polar surface area (TPSA) is 104 Å². The van der Waals surface area contributed by atoms with Crippen molar-refractivity contribution in [1.82, 2.24) is 4.98 Å². The number of carbonyl (C=O) groups excluding carboxylic acids is 2. The summed E-state index contributed by atoms with van der Waals surface area (Å²) in [5.74, 6) is 0.0716. The van der Waals surface area contributed by atoms with Crippen LogP contribution in [0.25, 0.3) is 0 Å². The highest BCUT2D eigenvalue weighted by molar-refractivity contribution is 5.93. The number of nitrogens with two attached hydrogens (primary N) is 1. The molecule has 3 rings (SSSR count). The standard InChI is InChI=1S/C21H19N3O4/c22-21(26)16-6-9-18(10-7-16)27-14-19(25)24-17-8-11-20(23-12-17)28-13-15-4-2-1-3-5-15/h1-12H,13-14H2,(H2,22,26)(H,24,25). The van der Waals surface area contributed by atoms with Crippen molar-refractivity contribution in [1.29, 1.82) is 0 Å². The van der Waals surface area contributed by atoms with Gasteiger partial charge in [-0.25, -0.2) is 4.98 Å². The number of amides is 2. The fourth-order valence-electron chi connectivity index (χ4n) is 2.33. The van der Waals surface area contributed by atoms with Gasteiger partial charge in [0, 0.05) is 11.6 Å². The molecule has 142 valence electrons. The molecule has 0 aliphatic carbocycles. The lowest BCUT2D eigenvalue weighted by molar-refractivity contribution is -0.118. The van der Waals surface area contributed by atoms with Crippen molar-refractivity contribution in [3.8, 4) is 11.6 Å². The number of primary amides is 1. The van der Waals surface area contributed by atoms with E-state index in [4.69, 9.17) is 15.2 Å². The molecule has 0 aliphatic heterocycles. The van der Waals surface area contributed by atoms with Gasteiger partial charge in [0.25, 0.3) is 5.91 Å². The second-order valence-electron chi connectivity index (χ2n) is 5.88. The van der Waals surface area contributed by atoms with E-state index in [2.05, 4.69) is 10.3 Å². The Kier molecular flexibility index (Phi) is 6.20. The molecule has 7 nitrogen and oxygen atoms in total. The number of anilines is 1. The monoisotopic (exact) mass is 377 g/mol. The number of hydrogen-bond donors (Lipinski definition) is 2. The quantitative estimate of drug-likeness (QED) is 0.628. The van der Waals surface area contributed by atoms with Crippen molar-refractivity contribution >= 4 is 17.5 Å². The number of hydrogen-bond acceptors (Lipinski definition) is 5. The summed E-state index contributed by atoms with van der Waals surface area (Å²) in [6.45, 7) is 0.240. The maximum atomic E-state index is 12.0. The molecule has 0 saturated carbocycles. The van der Waals surface area contributed by atoms with Gasteiger partial charge in [-0.2, -0.15) is 0 Å². The lowest BCUT2D eigenvalue weighted by atomic mass is 10.2. The first-order valence-corrected chi connectivity index (χ1v) is 8.55. The molecule has 1 aromatic heterocycles. The maximum Gasteiger partial charge on any atom is 0.262 e. The molecule has 0 saturated heterocycles. The molecule has 0 spiro atoms. The molecule has 2 amide bonds. The third-order valence-electron chi connectivity index (χ3n) is 3.76. The Balaban J connectivity index is 1.45. The second kappa shape index (κ2) is 9.18. The summed E-state index contributed by atoms with van der Waals surface area (Å²) >= 11 is 0. The van der Waals surface area contributed by atoms with Crippen molar-refractivity contribution in [3.63, 3.8) is 0 Å². The van der Waals surface area contributed by atoms with E-state index in [1.807, 2.05) is 30.3 Å². The van der Waals surface area contributed by atoms with E-state index < -0.39 is 5.91 Å². The van der Waals surface area contributed by atoms with Gasteiger partial charge in [0.05, 0.1) is 11.9 Å². The zero-order valence-corrected chi connectivity index (χ0v) is 15.0. The largest absolute Gasteiger partial charge is 0.484 e. The van der Waals surface area contributed by atoms with Crippen molar-refractivity contribution in [2.24, 2.45) is 5.73 Å². The number of carbonyl (C=O) groups is 2. The van der Waals surface area contributed by atoms with Crippen molar-refractivity contribution in [3.05, 3.63) is 84.1 Å². The van der Waals surface area contributed by atoms with E-state index >= 15 is 0 Å². The Bertz CT molecular complexity index is 926. The van der Waals surface area contributed by atoms with Gasteiger partial charge in [0.2, 0.25) is 11.8 Å². The number of aromatic nitrogens is 1. The molecule has 3 aromatic rings. The number of ether oxygens (including phenoxy) is 2. The molecular weight excluding hydrogens is 358 g/mol. The molecule has 0 atom stereocenters. The van der Waals surface area contributed by atoms with E-state index in [0.717, 1.165) is 5.56 Å². The van der Waals surface area contributed by atoms with Crippen LogP contribution >= 0.6 is 0 Å². The van der Waals surface area contributed by atoms with Crippen molar-refractivity contribution < 1.29 is 19.1 Å². The smallest absolute Gasteiger partial charge is 0.262 e. The van der Waals surface area contributed by atoms with Gasteiger partial charge in [-0.1, -0.05) is 30.3 Å². The third kappa shape index (κ3) is 5.57. The number of nitrogens with zero attached hydrogens (tertiary/aromatic N) is 1. The minimum atomic E-state index is -0.520. The van der Waals surface area contributed by atoms with E-state index in [9.17, 15) is 9.59 Å². The van der Waals surface area contributed by atoms with E-state index in [0.29, 0.717) is 29.5 Å². The molecule has 0 unspecified atom stereocenters. The van der Waals surface area contributed by atoms with Crippen LogP contribution in [0.15, 0.2) is 72.9 Å². The van der Waals surface area contributed by atoms with Crippen molar-refractivity contribution in [2.75, 3.05) is 11.9 Å². The summed E-state index contributed by atoms with van der Waals surface area (Å²) in [5.41, 5.74) is 7.12. The molecular formula is C21H19N3O4. The van der Waals surface area contributed by atoms with Crippen LogP contribution in [0.5, 0.6) is 11.6 Å². The SMILES string of the molecule is NC(=O)c1ccc(OCC(=O)Nc2ccc(OCc3ccccc3)nc2)cc1. The van der Waals surface area contributed by atoms with Crippen LogP contribution in [0.3, 0.4) is 0 Å². The first-order chi connectivity index (χ1) is 13.6. The predicted molar refractivity (Wildman–Crippen MR) is 104 cm³/mol. The highest BCUT2D eigenvalue weighted by Crippen LogP contribution is 2.14. The maximum absolute atomic E-state index is 12.0. The molecule has 28 heavy (non-hydrogen) atoms. The summed E-state index contributed by atoms with van der Waals surface area (Å²) < 4.78 is 11.0. The van der Waals surface area contributed by atoms with Gasteiger partial charge in [0.1, 0.15) is 12.4 Å². The minimum absolute atomic E-state index is 0.178. The Morgan fingerprint density at radius 3 is 2.32 bits per heavy atom. The lowest BCUT2D eigenvalue weighted by Gasteiger charge is -2.09. The molecule has 7 heteroatoms. The summed E-state index contributed by atoms with van der Waals surface area (Å²) in [6.07, 6.45) is 1.51. The number of benzene rings is 2. The average Bonchev–Trinajstić information content (AvgIpc) is 2.73. The Hall–Kier alpha value is -3.87. The number of rotatable bonds is 8. The summed E-state index contributed by atoms with van der Waals surface area (Å²) in [7, 11) is 0. The van der Waals surface area contributed by atoms with Crippen LogP contribution in [-0.2, 0) is 11.4 Å². The fraction of sp³-hybridized carbons (Fsp3) is 0.0952. The van der Waals surface area contributed by atoms with Crippen LogP contribution in [0, 0.1) is 0 Å². The second-order valence-corrected chi connectivity index (χ2v) is 5.88. The summed E-state index contributed by atoms with van der Waals surface area (Å²) in [6, 6.07) is 19.4. The van der Waals surface area contributed by atoms with Gasteiger partial charge in [-0.3, -0.25) is 9.59 Å². The third-order valence-corrected chi connectivity index (χ3v) is 3.76.